The number of carbonyl (C=O) groups excluding carboxylic acids is 2. The minimum atomic E-state index is -0.415. The molecule has 182 valence electrons. The van der Waals surface area contributed by atoms with Gasteiger partial charge in [-0.25, -0.2) is 9.78 Å². The van der Waals surface area contributed by atoms with Crippen molar-refractivity contribution >= 4 is 28.9 Å². The third-order valence-electron chi connectivity index (χ3n) is 5.51. The molecule has 4 rings (SSSR count). The quantitative estimate of drug-likeness (QED) is 0.269. The SMILES string of the molecule is COC(=O)/C=C/c1ccc(CNC(=O)c2cc(OCc3ccc(OC)cc3)c3ccccc3n2)cc1. The Morgan fingerprint density at radius 3 is 2.36 bits per heavy atom. The van der Waals surface area contributed by atoms with E-state index < -0.39 is 5.97 Å². The van der Waals surface area contributed by atoms with Crippen molar-refractivity contribution in [2.45, 2.75) is 13.2 Å². The van der Waals surface area contributed by atoms with E-state index in [0.717, 1.165) is 27.8 Å². The van der Waals surface area contributed by atoms with Gasteiger partial charge in [0.1, 0.15) is 23.8 Å². The van der Waals surface area contributed by atoms with Crippen LogP contribution in [0, 0.1) is 0 Å². The maximum atomic E-state index is 12.9. The number of aromatic nitrogens is 1. The minimum Gasteiger partial charge on any atom is -0.497 e. The number of rotatable bonds is 9. The number of ether oxygens (including phenoxy) is 3. The van der Waals surface area contributed by atoms with Crippen molar-refractivity contribution in [1.82, 2.24) is 10.3 Å². The van der Waals surface area contributed by atoms with Crippen molar-refractivity contribution in [3.8, 4) is 11.5 Å². The number of nitrogens with one attached hydrogen (secondary N) is 1. The van der Waals surface area contributed by atoms with Crippen LogP contribution in [0.4, 0.5) is 0 Å². The van der Waals surface area contributed by atoms with Crippen LogP contribution in [-0.2, 0) is 22.7 Å². The Kier molecular flexibility index (Phi) is 7.93. The van der Waals surface area contributed by atoms with Crippen LogP contribution in [0.25, 0.3) is 17.0 Å². The van der Waals surface area contributed by atoms with Crippen molar-refractivity contribution in [2.75, 3.05) is 14.2 Å². The predicted octanol–water partition coefficient (Wildman–Crippen LogP) is 4.94. The summed E-state index contributed by atoms with van der Waals surface area (Å²) in [5.41, 5.74) is 3.70. The molecule has 0 fully saturated rings. The zero-order valence-corrected chi connectivity index (χ0v) is 20.1. The summed E-state index contributed by atoms with van der Waals surface area (Å²) in [7, 11) is 2.96. The summed E-state index contributed by atoms with van der Waals surface area (Å²) < 4.78 is 15.9. The van der Waals surface area contributed by atoms with Crippen LogP contribution in [-0.4, -0.2) is 31.1 Å². The fourth-order valence-electron chi connectivity index (χ4n) is 3.51. The predicted molar refractivity (Wildman–Crippen MR) is 138 cm³/mol. The second kappa shape index (κ2) is 11.7. The van der Waals surface area contributed by atoms with Gasteiger partial charge in [0, 0.05) is 24.1 Å². The van der Waals surface area contributed by atoms with Crippen LogP contribution >= 0.6 is 0 Å². The van der Waals surface area contributed by atoms with Crippen LogP contribution in [0.2, 0.25) is 0 Å². The van der Waals surface area contributed by atoms with Gasteiger partial charge in [-0.3, -0.25) is 4.79 Å². The number of esters is 1. The molecule has 0 aliphatic heterocycles. The van der Waals surface area contributed by atoms with E-state index in [-0.39, 0.29) is 11.6 Å². The van der Waals surface area contributed by atoms with E-state index >= 15 is 0 Å². The normalized spacial score (nSPS) is 10.8. The summed E-state index contributed by atoms with van der Waals surface area (Å²) in [5.74, 6) is 0.647. The first-order valence-electron chi connectivity index (χ1n) is 11.3. The van der Waals surface area contributed by atoms with Gasteiger partial charge in [-0.2, -0.15) is 0 Å². The van der Waals surface area contributed by atoms with E-state index in [1.807, 2.05) is 72.8 Å². The number of nitrogens with zero attached hydrogens (tertiary/aromatic N) is 1. The van der Waals surface area contributed by atoms with Crippen LogP contribution in [0.5, 0.6) is 11.5 Å². The number of para-hydroxylation sites is 1. The molecule has 0 spiro atoms. The smallest absolute Gasteiger partial charge is 0.330 e. The summed E-state index contributed by atoms with van der Waals surface area (Å²) in [4.78, 5) is 28.7. The molecule has 0 bridgehead atoms. The third kappa shape index (κ3) is 6.27. The summed E-state index contributed by atoms with van der Waals surface area (Å²) in [5, 5.41) is 3.74. The monoisotopic (exact) mass is 482 g/mol. The number of pyridine rings is 1. The first kappa shape index (κ1) is 24.5. The second-order valence-electron chi connectivity index (χ2n) is 7.94. The summed E-state index contributed by atoms with van der Waals surface area (Å²) in [6.07, 6.45) is 3.02. The van der Waals surface area contributed by atoms with Gasteiger partial charge >= 0.3 is 5.97 Å². The van der Waals surface area contributed by atoms with Crippen LogP contribution in [0.15, 0.2) is 84.9 Å². The molecule has 0 aliphatic rings. The highest BCUT2D eigenvalue weighted by molar-refractivity contribution is 5.97. The molecule has 3 aromatic carbocycles. The van der Waals surface area contributed by atoms with Gasteiger partial charge in [-0.15, -0.1) is 0 Å². The first-order valence-corrected chi connectivity index (χ1v) is 11.3. The Balaban J connectivity index is 1.45. The maximum Gasteiger partial charge on any atom is 0.330 e. The minimum absolute atomic E-state index is 0.274. The highest BCUT2D eigenvalue weighted by atomic mass is 16.5. The Bertz CT molecular complexity index is 1380. The summed E-state index contributed by atoms with van der Waals surface area (Å²) >= 11 is 0. The molecule has 0 radical (unpaired) electrons. The van der Waals surface area contributed by atoms with Crippen molar-refractivity contribution in [3.63, 3.8) is 0 Å². The fourth-order valence-corrected chi connectivity index (χ4v) is 3.51. The van der Waals surface area contributed by atoms with Crippen molar-refractivity contribution in [1.29, 1.82) is 0 Å². The molecule has 7 nitrogen and oxygen atoms in total. The molecule has 1 amide bonds. The third-order valence-corrected chi connectivity index (χ3v) is 5.51. The lowest BCUT2D eigenvalue weighted by atomic mass is 10.1. The molecule has 0 saturated heterocycles. The van der Waals surface area contributed by atoms with E-state index in [2.05, 4.69) is 15.0 Å². The largest absolute Gasteiger partial charge is 0.497 e. The molecular formula is C29H26N2O5. The molecule has 0 atom stereocenters. The Morgan fingerprint density at radius 1 is 0.917 bits per heavy atom. The zero-order chi connectivity index (χ0) is 25.3. The number of benzene rings is 3. The van der Waals surface area contributed by atoms with E-state index in [0.29, 0.717) is 24.4 Å². The van der Waals surface area contributed by atoms with Crippen LogP contribution in [0.3, 0.4) is 0 Å². The molecule has 7 heteroatoms. The number of hydrogen-bond donors (Lipinski definition) is 1. The van der Waals surface area contributed by atoms with Gasteiger partial charge in [-0.1, -0.05) is 48.5 Å². The average molecular weight is 483 g/mol. The lowest BCUT2D eigenvalue weighted by Gasteiger charge is -2.12. The molecule has 1 heterocycles. The van der Waals surface area contributed by atoms with Crippen LogP contribution in [0.1, 0.15) is 27.2 Å². The van der Waals surface area contributed by atoms with Crippen molar-refractivity contribution in [2.24, 2.45) is 0 Å². The van der Waals surface area contributed by atoms with Crippen LogP contribution < -0.4 is 14.8 Å². The second-order valence-corrected chi connectivity index (χ2v) is 7.94. The molecule has 0 aliphatic carbocycles. The maximum absolute atomic E-state index is 12.9. The molecular weight excluding hydrogens is 456 g/mol. The topological polar surface area (TPSA) is 86.8 Å². The number of amides is 1. The van der Waals surface area contributed by atoms with Gasteiger partial charge in [0.2, 0.25) is 0 Å². The van der Waals surface area contributed by atoms with Gasteiger partial charge in [0.05, 0.1) is 19.7 Å². The summed E-state index contributed by atoms with van der Waals surface area (Å²) in [6.45, 7) is 0.673. The lowest BCUT2D eigenvalue weighted by Crippen LogP contribution is -2.24. The molecule has 1 aromatic heterocycles. The molecule has 0 unspecified atom stereocenters. The first-order chi connectivity index (χ1) is 17.6. The number of methoxy groups -OCH3 is 2. The summed E-state index contributed by atoms with van der Waals surface area (Å²) in [6, 6.07) is 24.4. The highest BCUT2D eigenvalue weighted by Crippen LogP contribution is 2.26. The molecule has 4 aromatic rings. The number of carbonyl (C=O) groups is 2. The van der Waals surface area contributed by atoms with Gasteiger partial charge in [-0.05, 0) is 47.0 Å². The van der Waals surface area contributed by atoms with E-state index in [4.69, 9.17) is 9.47 Å². The fraction of sp³-hybridized carbons (Fsp3) is 0.138. The van der Waals surface area contributed by atoms with Crippen molar-refractivity contribution < 1.29 is 23.8 Å². The number of fused-ring (bicyclic) bond motifs is 1. The average Bonchev–Trinajstić information content (AvgIpc) is 2.93. The zero-order valence-electron chi connectivity index (χ0n) is 20.1. The molecule has 1 N–H and O–H groups in total. The Hall–Kier alpha value is -4.65. The van der Waals surface area contributed by atoms with Gasteiger partial charge in [0.25, 0.3) is 5.91 Å². The number of hydrogen-bond acceptors (Lipinski definition) is 6. The van der Waals surface area contributed by atoms with E-state index in [9.17, 15) is 9.59 Å². The van der Waals surface area contributed by atoms with E-state index in [1.165, 1.54) is 13.2 Å². The molecule has 36 heavy (non-hydrogen) atoms. The molecule has 0 saturated carbocycles. The van der Waals surface area contributed by atoms with Crippen molar-refractivity contribution in [3.05, 3.63) is 107 Å². The highest BCUT2D eigenvalue weighted by Gasteiger charge is 2.13. The standard InChI is InChI=1S/C29H26N2O5/c1-34-23-14-11-22(12-15-23)19-36-27-17-26(31-25-6-4-3-5-24(25)27)29(33)30-18-21-9-7-20(8-10-21)13-16-28(32)35-2/h3-17H,18-19H2,1-2H3,(H,30,33)/b16-13+. The van der Waals surface area contributed by atoms with Gasteiger partial charge in [0.15, 0.2) is 0 Å². The van der Waals surface area contributed by atoms with E-state index in [1.54, 1.807) is 19.3 Å². The lowest BCUT2D eigenvalue weighted by molar-refractivity contribution is -0.134. The Morgan fingerprint density at radius 2 is 1.64 bits per heavy atom. The Labute approximate surface area is 209 Å². The van der Waals surface area contributed by atoms with Gasteiger partial charge < -0.3 is 19.5 Å².